The predicted molar refractivity (Wildman–Crippen MR) is 79.6 cm³/mol. The standard InChI is InChI=1S/C15H21NO4S/c1-11(2)12-3-5-14(6-4-12)21(19,20)16-9-7-13(8-10-16)15(17)18/h3-6,11,13H,7-10H2,1-2H3,(H,17,18). The first-order valence-electron chi connectivity index (χ1n) is 7.15. The zero-order valence-corrected chi connectivity index (χ0v) is 13.1. The third-order valence-corrected chi connectivity index (χ3v) is 5.90. The Morgan fingerprint density at radius 2 is 1.71 bits per heavy atom. The van der Waals surface area contributed by atoms with E-state index in [0.29, 0.717) is 18.8 Å². The van der Waals surface area contributed by atoms with Gasteiger partial charge in [-0.15, -0.1) is 0 Å². The van der Waals surface area contributed by atoms with E-state index in [4.69, 9.17) is 5.11 Å². The Morgan fingerprint density at radius 3 is 2.14 bits per heavy atom. The van der Waals surface area contributed by atoms with Crippen LogP contribution in [0.1, 0.15) is 38.2 Å². The summed E-state index contributed by atoms with van der Waals surface area (Å²) in [6, 6.07) is 6.94. The van der Waals surface area contributed by atoms with Crippen molar-refractivity contribution in [2.75, 3.05) is 13.1 Å². The molecule has 21 heavy (non-hydrogen) atoms. The van der Waals surface area contributed by atoms with Crippen LogP contribution in [-0.2, 0) is 14.8 Å². The Labute approximate surface area is 125 Å². The zero-order chi connectivity index (χ0) is 15.6. The lowest BCUT2D eigenvalue weighted by Crippen LogP contribution is -2.40. The molecule has 1 heterocycles. The first-order chi connectivity index (χ1) is 9.82. The molecule has 1 aromatic carbocycles. The lowest BCUT2D eigenvalue weighted by Gasteiger charge is -2.29. The van der Waals surface area contributed by atoms with Crippen molar-refractivity contribution in [3.05, 3.63) is 29.8 Å². The van der Waals surface area contributed by atoms with E-state index in [1.807, 2.05) is 12.1 Å². The number of rotatable bonds is 4. The Morgan fingerprint density at radius 1 is 1.19 bits per heavy atom. The van der Waals surface area contributed by atoms with Gasteiger partial charge in [-0.1, -0.05) is 26.0 Å². The van der Waals surface area contributed by atoms with E-state index in [0.717, 1.165) is 5.56 Å². The van der Waals surface area contributed by atoms with E-state index >= 15 is 0 Å². The maximum atomic E-state index is 12.5. The SMILES string of the molecule is CC(C)c1ccc(S(=O)(=O)N2CCC(C(=O)O)CC2)cc1. The Kier molecular flexibility index (Phi) is 4.68. The molecule has 6 heteroatoms. The highest BCUT2D eigenvalue weighted by molar-refractivity contribution is 7.89. The van der Waals surface area contributed by atoms with Gasteiger partial charge in [0, 0.05) is 13.1 Å². The molecule has 0 radical (unpaired) electrons. The fourth-order valence-corrected chi connectivity index (χ4v) is 3.99. The topological polar surface area (TPSA) is 74.7 Å². The number of carboxylic acid groups (broad SMARTS) is 1. The van der Waals surface area contributed by atoms with E-state index in [2.05, 4.69) is 13.8 Å². The molecule has 1 N–H and O–H groups in total. The van der Waals surface area contributed by atoms with Gasteiger partial charge < -0.3 is 5.11 Å². The van der Waals surface area contributed by atoms with Gasteiger partial charge in [-0.3, -0.25) is 4.79 Å². The van der Waals surface area contributed by atoms with Crippen LogP contribution >= 0.6 is 0 Å². The van der Waals surface area contributed by atoms with E-state index in [9.17, 15) is 13.2 Å². The molecule has 0 atom stereocenters. The quantitative estimate of drug-likeness (QED) is 0.926. The van der Waals surface area contributed by atoms with Crippen molar-refractivity contribution in [2.24, 2.45) is 5.92 Å². The zero-order valence-electron chi connectivity index (χ0n) is 12.3. The summed E-state index contributed by atoms with van der Waals surface area (Å²) in [5.41, 5.74) is 1.10. The highest BCUT2D eigenvalue weighted by Gasteiger charge is 2.31. The third kappa shape index (κ3) is 3.44. The third-order valence-electron chi connectivity index (χ3n) is 3.99. The summed E-state index contributed by atoms with van der Waals surface area (Å²) in [7, 11) is -3.51. The number of nitrogens with zero attached hydrogens (tertiary/aromatic N) is 1. The number of hydrogen-bond acceptors (Lipinski definition) is 3. The molecule has 116 valence electrons. The van der Waals surface area contributed by atoms with Crippen molar-refractivity contribution < 1.29 is 18.3 Å². The number of hydrogen-bond donors (Lipinski definition) is 1. The number of aliphatic carboxylic acids is 1. The number of carbonyl (C=O) groups is 1. The highest BCUT2D eigenvalue weighted by Crippen LogP contribution is 2.25. The number of benzene rings is 1. The maximum absolute atomic E-state index is 12.5. The van der Waals surface area contributed by atoms with Crippen LogP contribution in [0, 0.1) is 5.92 Å². The lowest BCUT2D eigenvalue weighted by molar-refractivity contribution is -0.142. The Bertz CT molecular complexity index is 599. The monoisotopic (exact) mass is 311 g/mol. The minimum Gasteiger partial charge on any atom is -0.481 e. The summed E-state index contributed by atoms with van der Waals surface area (Å²) in [5.74, 6) is -0.916. The lowest BCUT2D eigenvalue weighted by atomic mass is 9.99. The van der Waals surface area contributed by atoms with Crippen LogP contribution in [0.5, 0.6) is 0 Å². The van der Waals surface area contributed by atoms with Gasteiger partial charge in [0.05, 0.1) is 10.8 Å². The van der Waals surface area contributed by atoms with Crippen molar-refractivity contribution >= 4 is 16.0 Å². The van der Waals surface area contributed by atoms with Gasteiger partial charge in [0.2, 0.25) is 10.0 Å². The summed E-state index contributed by atoms with van der Waals surface area (Å²) in [5, 5.41) is 8.96. The van der Waals surface area contributed by atoms with Crippen molar-refractivity contribution in [1.29, 1.82) is 0 Å². The molecule has 2 rings (SSSR count). The molecule has 0 unspecified atom stereocenters. The van der Waals surface area contributed by atoms with Crippen LogP contribution in [-0.4, -0.2) is 36.9 Å². The molecule has 1 aliphatic heterocycles. The summed E-state index contributed by atoms with van der Waals surface area (Å²) in [6.45, 7) is 4.65. The Hall–Kier alpha value is -1.40. The van der Waals surface area contributed by atoms with Crippen LogP contribution in [0.2, 0.25) is 0 Å². The van der Waals surface area contributed by atoms with Crippen LogP contribution in [0.4, 0.5) is 0 Å². The molecule has 1 aromatic rings. The summed E-state index contributed by atoms with van der Waals surface area (Å²) in [4.78, 5) is 11.2. The normalized spacial score (nSPS) is 18.0. The molecule has 0 bridgehead atoms. The second-order valence-electron chi connectivity index (χ2n) is 5.74. The average molecular weight is 311 g/mol. The van der Waals surface area contributed by atoms with Gasteiger partial charge in [0.1, 0.15) is 0 Å². The molecule has 0 aliphatic carbocycles. The average Bonchev–Trinajstić information content (AvgIpc) is 2.47. The fourth-order valence-electron chi connectivity index (χ4n) is 2.52. The van der Waals surface area contributed by atoms with Gasteiger partial charge in [-0.2, -0.15) is 4.31 Å². The van der Waals surface area contributed by atoms with Gasteiger partial charge in [-0.05, 0) is 36.5 Å². The van der Waals surface area contributed by atoms with Crippen molar-refractivity contribution in [1.82, 2.24) is 4.31 Å². The second-order valence-corrected chi connectivity index (χ2v) is 7.68. The first-order valence-corrected chi connectivity index (χ1v) is 8.59. The predicted octanol–water partition coefficient (Wildman–Crippen LogP) is 2.30. The van der Waals surface area contributed by atoms with Gasteiger partial charge >= 0.3 is 5.97 Å². The van der Waals surface area contributed by atoms with Crippen LogP contribution in [0.25, 0.3) is 0 Å². The fraction of sp³-hybridized carbons (Fsp3) is 0.533. The van der Waals surface area contributed by atoms with E-state index in [1.165, 1.54) is 4.31 Å². The molecule has 0 spiro atoms. The van der Waals surface area contributed by atoms with Crippen molar-refractivity contribution in [3.63, 3.8) is 0 Å². The highest BCUT2D eigenvalue weighted by atomic mass is 32.2. The second kappa shape index (κ2) is 6.15. The Balaban J connectivity index is 2.13. The van der Waals surface area contributed by atoms with E-state index in [-0.39, 0.29) is 18.0 Å². The van der Waals surface area contributed by atoms with Gasteiger partial charge in [0.15, 0.2) is 0 Å². The van der Waals surface area contributed by atoms with Crippen molar-refractivity contribution in [3.8, 4) is 0 Å². The van der Waals surface area contributed by atoms with E-state index in [1.54, 1.807) is 12.1 Å². The largest absolute Gasteiger partial charge is 0.481 e. The van der Waals surface area contributed by atoms with Crippen molar-refractivity contribution in [2.45, 2.75) is 37.5 Å². The number of piperidine rings is 1. The molecule has 0 aromatic heterocycles. The van der Waals surface area contributed by atoms with Crippen LogP contribution < -0.4 is 0 Å². The number of sulfonamides is 1. The van der Waals surface area contributed by atoms with Crippen LogP contribution in [0.3, 0.4) is 0 Å². The smallest absolute Gasteiger partial charge is 0.306 e. The molecular formula is C15H21NO4S. The number of carboxylic acids is 1. The first kappa shape index (κ1) is 16.0. The van der Waals surface area contributed by atoms with Gasteiger partial charge in [-0.25, -0.2) is 8.42 Å². The minimum absolute atomic E-state index is 0.269. The van der Waals surface area contributed by atoms with E-state index < -0.39 is 21.9 Å². The van der Waals surface area contributed by atoms with Gasteiger partial charge in [0.25, 0.3) is 0 Å². The molecule has 1 saturated heterocycles. The minimum atomic E-state index is -3.51. The summed E-state index contributed by atoms with van der Waals surface area (Å²) < 4.78 is 26.4. The molecule has 5 nitrogen and oxygen atoms in total. The summed E-state index contributed by atoms with van der Waals surface area (Å²) >= 11 is 0. The molecule has 0 saturated carbocycles. The molecule has 0 amide bonds. The summed E-state index contributed by atoms with van der Waals surface area (Å²) in [6.07, 6.45) is 0.747. The molecule has 1 aliphatic rings. The maximum Gasteiger partial charge on any atom is 0.306 e. The van der Waals surface area contributed by atoms with Crippen LogP contribution in [0.15, 0.2) is 29.2 Å². The molecule has 1 fully saturated rings. The molecular weight excluding hydrogens is 290 g/mol.